The summed E-state index contributed by atoms with van der Waals surface area (Å²) < 4.78 is 0. The average molecular weight is 355 g/mol. The molecule has 0 unspecified atom stereocenters. The fourth-order valence-electron chi connectivity index (χ4n) is 2.92. The number of nitrogens with one attached hydrogen (secondary N) is 4. The summed E-state index contributed by atoms with van der Waals surface area (Å²) in [5, 5.41) is 19.3. The van der Waals surface area contributed by atoms with E-state index in [4.69, 9.17) is 4.98 Å². The van der Waals surface area contributed by atoms with Gasteiger partial charge in [0.2, 0.25) is 5.95 Å². The van der Waals surface area contributed by atoms with Crippen LogP contribution in [0.1, 0.15) is 18.5 Å². The normalized spacial score (nSPS) is 15.2. The molecule has 7 nitrogen and oxygen atoms in total. The molecule has 0 saturated carbocycles. The third-order valence-electron chi connectivity index (χ3n) is 4.20. The van der Waals surface area contributed by atoms with Crippen LogP contribution in [0.2, 0.25) is 0 Å². The van der Waals surface area contributed by atoms with Crippen molar-refractivity contribution in [2.45, 2.75) is 25.8 Å². The first-order valence-electron chi connectivity index (χ1n) is 8.45. The van der Waals surface area contributed by atoms with Crippen LogP contribution in [-0.4, -0.2) is 39.3 Å². The van der Waals surface area contributed by atoms with Crippen molar-refractivity contribution in [3.05, 3.63) is 35.5 Å². The van der Waals surface area contributed by atoms with Crippen LogP contribution < -0.4 is 16.0 Å². The van der Waals surface area contributed by atoms with Crippen molar-refractivity contribution < 1.29 is 0 Å². The van der Waals surface area contributed by atoms with E-state index in [0.717, 1.165) is 43.0 Å². The molecule has 1 saturated heterocycles. The summed E-state index contributed by atoms with van der Waals surface area (Å²) >= 11 is 1.70. The summed E-state index contributed by atoms with van der Waals surface area (Å²) in [6, 6.07) is 6.50. The summed E-state index contributed by atoms with van der Waals surface area (Å²) in [6.45, 7) is 4.03. The number of hydrogen-bond acceptors (Lipinski definition) is 7. The Balaban J connectivity index is 1.62. The number of hydrogen-bond donors (Lipinski definition) is 4. The fraction of sp³-hybridized carbons (Fsp3) is 0.353. The second kappa shape index (κ2) is 7.20. The molecule has 3 aromatic rings. The van der Waals surface area contributed by atoms with Crippen molar-refractivity contribution in [3.8, 4) is 10.4 Å². The Labute approximate surface area is 150 Å². The molecule has 3 aromatic heterocycles. The van der Waals surface area contributed by atoms with Gasteiger partial charge in [0.15, 0.2) is 5.82 Å². The zero-order valence-corrected chi connectivity index (χ0v) is 14.9. The molecule has 0 aliphatic carbocycles. The molecule has 1 aliphatic rings. The Bertz CT molecular complexity index is 821. The number of aromatic amines is 1. The van der Waals surface area contributed by atoms with Gasteiger partial charge in [-0.15, -0.1) is 11.3 Å². The summed E-state index contributed by atoms with van der Waals surface area (Å²) in [5.74, 6) is 2.14. The first-order valence-corrected chi connectivity index (χ1v) is 9.33. The van der Waals surface area contributed by atoms with Crippen molar-refractivity contribution in [3.63, 3.8) is 0 Å². The van der Waals surface area contributed by atoms with E-state index in [9.17, 15) is 0 Å². The highest BCUT2D eigenvalue weighted by Crippen LogP contribution is 2.31. The van der Waals surface area contributed by atoms with E-state index in [1.54, 1.807) is 11.3 Å². The first-order chi connectivity index (χ1) is 12.3. The minimum atomic E-state index is 0.426. The fourth-order valence-corrected chi connectivity index (χ4v) is 3.66. The standard InChI is InChI=1S/C17H21N7S/c1-11-9-15(24-23-11)21-17-19-10-13(14-3-2-8-25-14)16(22-17)20-12-4-6-18-7-5-12/h2-3,8-10,12,18H,4-7H2,1H3,(H3,19,20,21,22,23,24). The van der Waals surface area contributed by atoms with Crippen LogP contribution in [0.4, 0.5) is 17.6 Å². The number of aromatic nitrogens is 4. The van der Waals surface area contributed by atoms with Gasteiger partial charge in [0, 0.05) is 28.9 Å². The molecule has 0 bridgehead atoms. The van der Waals surface area contributed by atoms with Crippen molar-refractivity contribution in [1.82, 2.24) is 25.5 Å². The highest BCUT2D eigenvalue weighted by Gasteiger charge is 2.17. The predicted octanol–water partition coefficient (Wildman–Crippen LogP) is 3.14. The van der Waals surface area contributed by atoms with E-state index >= 15 is 0 Å². The number of rotatable bonds is 5. The maximum Gasteiger partial charge on any atom is 0.230 e. The summed E-state index contributed by atoms with van der Waals surface area (Å²) in [6.07, 6.45) is 4.06. The molecule has 0 spiro atoms. The van der Waals surface area contributed by atoms with Gasteiger partial charge in [0.05, 0.1) is 5.56 Å². The van der Waals surface area contributed by atoms with Crippen LogP contribution in [0, 0.1) is 6.92 Å². The van der Waals surface area contributed by atoms with E-state index in [1.807, 2.05) is 25.3 Å². The van der Waals surface area contributed by atoms with Crippen molar-refractivity contribution in [2.24, 2.45) is 0 Å². The minimum absolute atomic E-state index is 0.426. The van der Waals surface area contributed by atoms with Crippen LogP contribution in [0.5, 0.6) is 0 Å². The maximum atomic E-state index is 4.73. The monoisotopic (exact) mass is 355 g/mol. The molecule has 4 N–H and O–H groups in total. The van der Waals surface area contributed by atoms with Gasteiger partial charge in [-0.3, -0.25) is 5.10 Å². The molecule has 25 heavy (non-hydrogen) atoms. The highest BCUT2D eigenvalue weighted by atomic mass is 32.1. The Morgan fingerprint density at radius 1 is 1.28 bits per heavy atom. The largest absolute Gasteiger partial charge is 0.367 e. The quantitative estimate of drug-likeness (QED) is 0.562. The van der Waals surface area contributed by atoms with Crippen LogP contribution in [0.15, 0.2) is 29.8 Å². The number of anilines is 3. The number of nitrogens with zero attached hydrogens (tertiary/aromatic N) is 3. The van der Waals surface area contributed by atoms with E-state index in [1.165, 1.54) is 4.88 Å². The zero-order valence-electron chi connectivity index (χ0n) is 14.0. The van der Waals surface area contributed by atoms with Crippen LogP contribution in [0.25, 0.3) is 10.4 Å². The lowest BCUT2D eigenvalue weighted by molar-refractivity contribution is 0.478. The SMILES string of the molecule is Cc1cc(Nc2ncc(-c3cccs3)c(NC3CCNCC3)n2)n[nH]1. The molecule has 4 rings (SSSR count). The third kappa shape index (κ3) is 3.80. The van der Waals surface area contributed by atoms with Gasteiger partial charge in [0.1, 0.15) is 5.82 Å². The minimum Gasteiger partial charge on any atom is -0.367 e. The summed E-state index contributed by atoms with van der Waals surface area (Å²) in [5.41, 5.74) is 2.03. The molecule has 4 heterocycles. The van der Waals surface area contributed by atoms with Crippen molar-refractivity contribution in [1.29, 1.82) is 0 Å². The molecule has 1 fully saturated rings. The Morgan fingerprint density at radius 2 is 2.16 bits per heavy atom. The Hall–Kier alpha value is -2.45. The Morgan fingerprint density at radius 3 is 2.88 bits per heavy atom. The smallest absolute Gasteiger partial charge is 0.230 e. The van der Waals surface area contributed by atoms with E-state index in [-0.39, 0.29) is 0 Å². The molecule has 8 heteroatoms. The molecule has 0 radical (unpaired) electrons. The molecule has 0 atom stereocenters. The lowest BCUT2D eigenvalue weighted by atomic mass is 10.1. The van der Waals surface area contributed by atoms with Crippen LogP contribution in [-0.2, 0) is 0 Å². The molecular weight excluding hydrogens is 334 g/mol. The molecule has 130 valence electrons. The first kappa shape index (κ1) is 16.0. The molecule has 1 aliphatic heterocycles. The maximum absolute atomic E-state index is 4.73. The number of H-pyrrole nitrogens is 1. The van der Waals surface area contributed by atoms with Gasteiger partial charge in [-0.2, -0.15) is 10.1 Å². The predicted molar refractivity (Wildman–Crippen MR) is 101 cm³/mol. The molecular formula is C17H21N7S. The Kier molecular flexibility index (Phi) is 4.62. The van der Waals surface area contributed by atoms with E-state index in [2.05, 4.69) is 42.6 Å². The molecule has 0 aromatic carbocycles. The van der Waals surface area contributed by atoms with Gasteiger partial charge < -0.3 is 16.0 Å². The van der Waals surface area contributed by atoms with Gasteiger partial charge in [-0.25, -0.2) is 4.98 Å². The summed E-state index contributed by atoms with van der Waals surface area (Å²) in [4.78, 5) is 10.4. The summed E-state index contributed by atoms with van der Waals surface area (Å²) in [7, 11) is 0. The van der Waals surface area contributed by atoms with Gasteiger partial charge in [-0.1, -0.05) is 6.07 Å². The van der Waals surface area contributed by atoms with E-state index in [0.29, 0.717) is 17.8 Å². The van der Waals surface area contributed by atoms with Gasteiger partial charge >= 0.3 is 0 Å². The number of aryl methyl sites for hydroxylation is 1. The number of piperidine rings is 1. The van der Waals surface area contributed by atoms with Crippen molar-refractivity contribution >= 4 is 28.9 Å². The third-order valence-corrected chi connectivity index (χ3v) is 5.10. The van der Waals surface area contributed by atoms with Crippen LogP contribution >= 0.6 is 11.3 Å². The topological polar surface area (TPSA) is 90.6 Å². The highest BCUT2D eigenvalue weighted by molar-refractivity contribution is 7.13. The lowest BCUT2D eigenvalue weighted by Gasteiger charge is -2.25. The molecule has 0 amide bonds. The van der Waals surface area contributed by atoms with Crippen molar-refractivity contribution in [2.75, 3.05) is 23.7 Å². The second-order valence-electron chi connectivity index (χ2n) is 6.16. The van der Waals surface area contributed by atoms with Crippen LogP contribution in [0.3, 0.4) is 0 Å². The van der Waals surface area contributed by atoms with Gasteiger partial charge in [0.25, 0.3) is 0 Å². The average Bonchev–Trinajstić information content (AvgIpc) is 3.28. The second-order valence-corrected chi connectivity index (χ2v) is 7.11. The van der Waals surface area contributed by atoms with E-state index < -0.39 is 0 Å². The number of thiophene rings is 1. The lowest BCUT2D eigenvalue weighted by Crippen LogP contribution is -2.35. The van der Waals surface area contributed by atoms with Gasteiger partial charge in [-0.05, 0) is 44.3 Å². The zero-order chi connectivity index (χ0) is 17.1.